The molecule has 4 rings (SSSR count). The summed E-state index contributed by atoms with van der Waals surface area (Å²) in [4.78, 5) is 7.87. The van der Waals surface area contributed by atoms with Crippen molar-refractivity contribution in [2.75, 3.05) is 13.1 Å². The average Bonchev–Trinajstić information content (AvgIpc) is 3.12. The van der Waals surface area contributed by atoms with E-state index in [9.17, 15) is 8.42 Å². The number of H-pyrrole nitrogens is 1. The first-order chi connectivity index (χ1) is 13.3. The lowest BCUT2D eigenvalue weighted by molar-refractivity contribution is 0.441. The van der Waals surface area contributed by atoms with Crippen molar-refractivity contribution in [2.24, 2.45) is 0 Å². The van der Waals surface area contributed by atoms with E-state index in [1.165, 1.54) is 0 Å². The minimum Gasteiger partial charge on any atom is -0.346 e. The number of hydrogen-bond acceptors (Lipinski definition) is 3. The molecular formula is C22H25N3O2S. The first-order valence-electron chi connectivity index (χ1n) is 9.49. The largest absolute Gasteiger partial charge is 0.346 e. The highest BCUT2D eigenvalue weighted by atomic mass is 32.2. The van der Waals surface area contributed by atoms with Crippen LogP contribution >= 0.6 is 0 Å². The molecule has 5 nitrogen and oxygen atoms in total. The van der Waals surface area contributed by atoms with Crippen molar-refractivity contribution >= 4 is 26.6 Å². The fraction of sp³-hybridized carbons (Fsp3) is 0.318. The first kappa shape index (κ1) is 18.9. The summed E-state index contributed by atoms with van der Waals surface area (Å²) in [6, 6.07) is 11.2. The smallest absolute Gasteiger partial charge is 0.243 e. The molecular weight excluding hydrogens is 370 g/mol. The Morgan fingerprint density at radius 3 is 2.50 bits per heavy atom. The molecule has 1 aliphatic heterocycles. The SMILES string of the molecule is CC(C)(C)c1ccc(S(=O)(=O)N2CC=C(c3c[nH]c4ncccc34)CC2)cc1. The van der Waals surface area contributed by atoms with Gasteiger partial charge in [0, 0.05) is 36.4 Å². The van der Waals surface area contributed by atoms with E-state index >= 15 is 0 Å². The molecule has 0 radical (unpaired) electrons. The van der Waals surface area contributed by atoms with Gasteiger partial charge in [-0.15, -0.1) is 0 Å². The Morgan fingerprint density at radius 1 is 1.11 bits per heavy atom. The maximum Gasteiger partial charge on any atom is 0.243 e. The van der Waals surface area contributed by atoms with E-state index in [-0.39, 0.29) is 5.41 Å². The molecule has 6 heteroatoms. The Bertz CT molecular complexity index is 1140. The van der Waals surface area contributed by atoms with Crippen LogP contribution in [0.3, 0.4) is 0 Å². The Kier molecular flexibility index (Phi) is 4.63. The topological polar surface area (TPSA) is 66.1 Å². The number of hydrogen-bond donors (Lipinski definition) is 1. The quantitative estimate of drug-likeness (QED) is 0.717. The van der Waals surface area contributed by atoms with Gasteiger partial charge in [-0.3, -0.25) is 0 Å². The van der Waals surface area contributed by atoms with E-state index in [1.807, 2.05) is 36.5 Å². The summed E-state index contributed by atoms with van der Waals surface area (Å²) in [7, 11) is -3.49. The lowest BCUT2D eigenvalue weighted by Crippen LogP contribution is -2.34. The number of pyridine rings is 1. The fourth-order valence-electron chi connectivity index (χ4n) is 3.61. The Hall–Kier alpha value is -2.44. The second-order valence-electron chi connectivity index (χ2n) is 8.22. The van der Waals surface area contributed by atoms with Crippen LogP contribution in [0.2, 0.25) is 0 Å². The van der Waals surface area contributed by atoms with E-state index < -0.39 is 10.0 Å². The number of fused-ring (bicyclic) bond motifs is 1. The summed E-state index contributed by atoms with van der Waals surface area (Å²) in [5, 5.41) is 1.07. The fourth-order valence-corrected chi connectivity index (χ4v) is 4.99. The predicted molar refractivity (Wildman–Crippen MR) is 113 cm³/mol. The maximum atomic E-state index is 13.0. The lowest BCUT2D eigenvalue weighted by atomic mass is 9.87. The van der Waals surface area contributed by atoms with E-state index in [0.29, 0.717) is 24.4 Å². The number of sulfonamides is 1. The standard InChI is InChI=1S/C22H25N3O2S/c1-22(2,3)17-6-8-18(9-7-17)28(26,27)25-13-10-16(11-14-25)20-15-24-21-19(20)5-4-12-23-21/h4-10,12,15H,11,13-14H2,1-3H3,(H,23,24). The minimum atomic E-state index is -3.49. The zero-order valence-electron chi connectivity index (χ0n) is 16.4. The highest BCUT2D eigenvalue weighted by Crippen LogP contribution is 2.31. The Morgan fingerprint density at radius 2 is 1.86 bits per heavy atom. The average molecular weight is 396 g/mol. The number of aromatic nitrogens is 2. The van der Waals surface area contributed by atoms with Crippen LogP contribution in [0.25, 0.3) is 16.6 Å². The predicted octanol–water partition coefficient (Wildman–Crippen LogP) is 4.34. The normalized spacial score (nSPS) is 16.3. The van der Waals surface area contributed by atoms with Crippen LogP contribution < -0.4 is 0 Å². The van der Waals surface area contributed by atoms with Gasteiger partial charge >= 0.3 is 0 Å². The maximum absolute atomic E-state index is 13.0. The third kappa shape index (κ3) is 3.38. The molecule has 0 fully saturated rings. The summed E-state index contributed by atoms with van der Waals surface area (Å²) >= 11 is 0. The summed E-state index contributed by atoms with van der Waals surface area (Å²) < 4.78 is 27.6. The van der Waals surface area contributed by atoms with Crippen molar-refractivity contribution in [3.05, 3.63) is 66.0 Å². The zero-order valence-corrected chi connectivity index (χ0v) is 17.3. The minimum absolute atomic E-state index is 0.000749. The number of aromatic amines is 1. The van der Waals surface area contributed by atoms with Crippen molar-refractivity contribution in [3.63, 3.8) is 0 Å². The molecule has 0 atom stereocenters. The molecule has 0 saturated carbocycles. The van der Waals surface area contributed by atoms with Crippen molar-refractivity contribution < 1.29 is 8.42 Å². The van der Waals surface area contributed by atoms with Crippen LogP contribution in [0.15, 0.2) is 59.8 Å². The molecule has 3 aromatic rings. The highest BCUT2D eigenvalue weighted by molar-refractivity contribution is 7.89. The van der Waals surface area contributed by atoms with Gasteiger partial charge in [-0.25, -0.2) is 13.4 Å². The van der Waals surface area contributed by atoms with Gasteiger partial charge < -0.3 is 4.98 Å². The van der Waals surface area contributed by atoms with Crippen molar-refractivity contribution in [3.8, 4) is 0 Å². The molecule has 0 spiro atoms. The van der Waals surface area contributed by atoms with Gasteiger partial charge in [0.1, 0.15) is 5.65 Å². The van der Waals surface area contributed by atoms with Gasteiger partial charge in [-0.2, -0.15) is 4.31 Å². The third-order valence-electron chi connectivity index (χ3n) is 5.33. The van der Waals surface area contributed by atoms with Gasteiger partial charge in [0.05, 0.1) is 4.90 Å². The van der Waals surface area contributed by atoms with E-state index in [2.05, 4.69) is 30.7 Å². The monoisotopic (exact) mass is 395 g/mol. The van der Waals surface area contributed by atoms with Crippen LogP contribution in [-0.2, 0) is 15.4 Å². The van der Waals surface area contributed by atoms with Gasteiger partial charge in [0.25, 0.3) is 0 Å². The summed E-state index contributed by atoms with van der Waals surface area (Å²) in [6.07, 6.45) is 6.41. The second kappa shape index (κ2) is 6.87. The third-order valence-corrected chi connectivity index (χ3v) is 7.21. The molecule has 0 saturated heterocycles. The highest BCUT2D eigenvalue weighted by Gasteiger charge is 2.27. The number of rotatable bonds is 3. The van der Waals surface area contributed by atoms with Crippen molar-refractivity contribution in [2.45, 2.75) is 37.5 Å². The van der Waals surface area contributed by atoms with Crippen LogP contribution in [0.1, 0.15) is 38.3 Å². The molecule has 0 aliphatic carbocycles. The van der Waals surface area contributed by atoms with Crippen LogP contribution in [0.5, 0.6) is 0 Å². The van der Waals surface area contributed by atoms with Crippen LogP contribution in [0, 0.1) is 0 Å². The molecule has 1 N–H and O–H groups in total. The van der Waals surface area contributed by atoms with Gasteiger partial charge in [-0.05, 0) is 47.2 Å². The van der Waals surface area contributed by atoms with Crippen LogP contribution in [-0.4, -0.2) is 35.8 Å². The van der Waals surface area contributed by atoms with Crippen LogP contribution in [0.4, 0.5) is 0 Å². The van der Waals surface area contributed by atoms with E-state index in [0.717, 1.165) is 27.7 Å². The summed E-state index contributed by atoms with van der Waals surface area (Å²) in [5.41, 5.74) is 4.25. The molecule has 1 aliphatic rings. The molecule has 1 aromatic carbocycles. The molecule has 3 heterocycles. The number of nitrogens with zero attached hydrogens (tertiary/aromatic N) is 2. The summed E-state index contributed by atoms with van der Waals surface area (Å²) in [6.45, 7) is 7.21. The molecule has 2 aromatic heterocycles. The first-order valence-corrected chi connectivity index (χ1v) is 10.9. The molecule has 28 heavy (non-hydrogen) atoms. The van der Waals surface area contributed by atoms with Gasteiger partial charge in [-0.1, -0.05) is 39.0 Å². The second-order valence-corrected chi connectivity index (χ2v) is 10.2. The van der Waals surface area contributed by atoms with Crippen molar-refractivity contribution in [1.29, 1.82) is 0 Å². The lowest BCUT2D eigenvalue weighted by Gasteiger charge is -2.26. The molecule has 146 valence electrons. The van der Waals surface area contributed by atoms with Gasteiger partial charge in [0.15, 0.2) is 0 Å². The van der Waals surface area contributed by atoms with Gasteiger partial charge in [0.2, 0.25) is 10.0 Å². The molecule has 0 amide bonds. The number of benzene rings is 1. The summed E-state index contributed by atoms with van der Waals surface area (Å²) in [5.74, 6) is 0. The molecule has 0 unspecified atom stereocenters. The number of nitrogens with one attached hydrogen (secondary N) is 1. The van der Waals surface area contributed by atoms with E-state index in [1.54, 1.807) is 22.6 Å². The Labute approximate surface area is 166 Å². The zero-order chi connectivity index (χ0) is 19.9. The molecule has 0 bridgehead atoms. The van der Waals surface area contributed by atoms with Crippen molar-refractivity contribution in [1.82, 2.24) is 14.3 Å². The Balaban J connectivity index is 1.57. The van der Waals surface area contributed by atoms with E-state index in [4.69, 9.17) is 0 Å².